The van der Waals surface area contributed by atoms with Crippen LogP contribution in [0.5, 0.6) is 0 Å². The summed E-state index contributed by atoms with van der Waals surface area (Å²) in [5.74, 6) is 0.633. The quantitative estimate of drug-likeness (QED) is 0.414. The lowest BCUT2D eigenvalue weighted by Gasteiger charge is -2.36. The number of methoxy groups -OCH3 is 1. The average Bonchev–Trinajstić information content (AvgIpc) is 3.24. The second kappa shape index (κ2) is 13.0. The van der Waals surface area contributed by atoms with Crippen LogP contribution in [0.15, 0.2) is 58.8 Å². The van der Waals surface area contributed by atoms with Crippen LogP contribution in [0.2, 0.25) is 0 Å². The molecule has 9 heteroatoms. The molecule has 0 bridgehead atoms. The average molecular weight is 556 g/mol. The molecule has 1 aliphatic heterocycles. The van der Waals surface area contributed by atoms with E-state index in [-0.39, 0.29) is 30.5 Å². The van der Waals surface area contributed by atoms with Gasteiger partial charge in [0.05, 0.1) is 13.7 Å². The molecule has 0 spiro atoms. The van der Waals surface area contributed by atoms with E-state index in [1.807, 2.05) is 71.0 Å². The minimum absolute atomic E-state index is 0.0837. The van der Waals surface area contributed by atoms with Crippen molar-refractivity contribution in [1.82, 2.24) is 10.2 Å². The summed E-state index contributed by atoms with van der Waals surface area (Å²) in [4.78, 5) is 32.1. The standard InChI is InChI=1S/C31H45N3O6/c1-20-15-22(16-25(37-9)27(20)39-31(6,7)29(36)40-30(3,4)5)17-34(19-26(35)32-8)18-24-21(2)38-28(33-24)23-13-11-10-12-14-23/h10-16,20-21,24,27H,17-19H2,1-9H3,(H,32,35)/t20?,21-,24?,27?/m0/s1. The van der Waals surface area contributed by atoms with Crippen molar-refractivity contribution < 1.29 is 28.5 Å². The van der Waals surface area contributed by atoms with Crippen LogP contribution < -0.4 is 5.32 Å². The topological polar surface area (TPSA) is 98.7 Å². The lowest BCUT2D eigenvalue weighted by Crippen LogP contribution is -2.46. The molecule has 1 heterocycles. The van der Waals surface area contributed by atoms with Gasteiger partial charge in [-0.15, -0.1) is 0 Å². The summed E-state index contributed by atoms with van der Waals surface area (Å²) in [7, 11) is 3.23. The van der Waals surface area contributed by atoms with Gasteiger partial charge in [-0.05, 0) is 65.3 Å². The third-order valence-electron chi connectivity index (χ3n) is 6.75. The number of carbonyl (C=O) groups excluding carboxylic acids is 2. The van der Waals surface area contributed by atoms with Gasteiger partial charge in [0.25, 0.3) is 0 Å². The minimum atomic E-state index is -1.17. The van der Waals surface area contributed by atoms with Crippen LogP contribution in [0.3, 0.4) is 0 Å². The molecule has 1 aliphatic carbocycles. The Bertz CT molecular complexity index is 1140. The van der Waals surface area contributed by atoms with Gasteiger partial charge in [-0.1, -0.05) is 31.2 Å². The Morgan fingerprint density at radius 3 is 2.38 bits per heavy atom. The zero-order valence-electron chi connectivity index (χ0n) is 25.3. The van der Waals surface area contributed by atoms with E-state index in [0.717, 1.165) is 11.1 Å². The molecule has 0 fully saturated rings. The van der Waals surface area contributed by atoms with E-state index < -0.39 is 23.3 Å². The summed E-state index contributed by atoms with van der Waals surface area (Å²) < 4.78 is 23.7. The number of aliphatic imine (C=N–C) groups is 1. The maximum atomic E-state index is 12.8. The van der Waals surface area contributed by atoms with Crippen LogP contribution in [0.25, 0.3) is 0 Å². The first-order valence-corrected chi connectivity index (χ1v) is 13.8. The molecule has 1 aromatic rings. The Morgan fingerprint density at radius 1 is 1.10 bits per heavy atom. The van der Waals surface area contributed by atoms with E-state index in [9.17, 15) is 9.59 Å². The Balaban J connectivity index is 1.76. The number of hydrogen-bond donors (Lipinski definition) is 1. The fourth-order valence-corrected chi connectivity index (χ4v) is 4.65. The van der Waals surface area contributed by atoms with Crippen molar-refractivity contribution in [2.45, 2.75) is 77.9 Å². The first-order valence-electron chi connectivity index (χ1n) is 13.8. The van der Waals surface area contributed by atoms with Gasteiger partial charge in [0, 0.05) is 31.6 Å². The number of carbonyl (C=O) groups is 2. The molecule has 3 rings (SSSR count). The molecule has 40 heavy (non-hydrogen) atoms. The maximum absolute atomic E-state index is 12.8. The number of esters is 1. The highest BCUT2D eigenvalue weighted by molar-refractivity contribution is 5.95. The number of likely N-dealkylation sites (N-methyl/N-ethyl adjacent to an activating group) is 1. The van der Waals surface area contributed by atoms with Crippen LogP contribution in [-0.4, -0.2) is 85.9 Å². The van der Waals surface area contributed by atoms with Crippen molar-refractivity contribution in [3.63, 3.8) is 0 Å². The third-order valence-corrected chi connectivity index (χ3v) is 6.75. The van der Waals surface area contributed by atoms with Crippen molar-refractivity contribution in [1.29, 1.82) is 0 Å². The van der Waals surface area contributed by atoms with E-state index in [0.29, 0.717) is 24.7 Å². The number of ether oxygens (including phenoxy) is 4. The first kappa shape index (κ1) is 31.4. The number of rotatable bonds is 11. The summed E-state index contributed by atoms with van der Waals surface area (Å²) in [5.41, 5.74) is 0.131. The minimum Gasteiger partial charge on any atom is -0.498 e. The van der Waals surface area contributed by atoms with E-state index in [1.165, 1.54) is 0 Å². The maximum Gasteiger partial charge on any atom is 0.338 e. The molecule has 0 saturated heterocycles. The van der Waals surface area contributed by atoms with E-state index >= 15 is 0 Å². The van der Waals surface area contributed by atoms with Gasteiger partial charge in [-0.2, -0.15) is 0 Å². The van der Waals surface area contributed by atoms with E-state index in [4.69, 9.17) is 23.9 Å². The predicted molar refractivity (Wildman–Crippen MR) is 155 cm³/mol. The number of hydrogen-bond acceptors (Lipinski definition) is 8. The Morgan fingerprint density at radius 2 is 1.77 bits per heavy atom. The highest BCUT2D eigenvalue weighted by Gasteiger charge is 2.40. The molecule has 2 aliphatic rings. The van der Waals surface area contributed by atoms with Crippen molar-refractivity contribution in [2.75, 3.05) is 33.8 Å². The molecular formula is C31H45N3O6. The smallest absolute Gasteiger partial charge is 0.338 e. The fourth-order valence-electron chi connectivity index (χ4n) is 4.65. The predicted octanol–water partition coefficient (Wildman–Crippen LogP) is 3.88. The monoisotopic (exact) mass is 555 g/mol. The van der Waals surface area contributed by atoms with Crippen molar-refractivity contribution in [3.8, 4) is 0 Å². The number of amides is 1. The zero-order chi connectivity index (χ0) is 29.7. The van der Waals surface area contributed by atoms with Crippen molar-refractivity contribution >= 4 is 17.8 Å². The second-order valence-corrected chi connectivity index (χ2v) is 11.9. The van der Waals surface area contributed by atoms with Gasteiger partial charge in [0.2, 0.25) is 11.8 Å². The van der Waals surface area contributed by atoms with Gasteiger partial charge in [-0.3, -0.25) is 9.69 Å². The largest absolute Gasteiger partial charge is 0.498 e. The molecule has 1 N–H and O–H groups in total. The molecule has 4 atom stereocenters. The third kappa shape index (κ3) is 8.41. The summed E-state index contributed by atoms with van der Waals surface area (Å²) in [6.45, 7) is 14.2. The molecule has 0 radical (unpaired) electrons. The van der Waals surface area contributed by atoms with Crippen molar-refractivity contribution in [2.24, 2.45) is 10.9 Å². The number of nitrogens with zero attached hydrogens (tertiary/aromatic N) is 2. The van der Waals surface area contributed by atoms with Crippen molar-refractivity contribution in [3.05, 3.63) is 59.4 Å². The van der Waals surface area contributed by atoms with E-state index in [1.54, 1.807) is 28.0 Å². The van der Waals surface area contributed by atoms with Crippen LogP contribution >= 0.6 is 0 Å². The Hall–Kier alpha value is -3.17. The second-order valence-electron chi connectivity index (χ2n) is 11.9. The van der Waals surface area contributed by atoms with Crippen LogP contribution in [0.1, 0.15) is 54.0 Å². The SMILES string of the molecule is CNC(=O)CN(CC1=CC(C)C(OC(C)(C)C(=O)OC(C)(C)C)C(OC)=C1)CC1N=C(c2ccccc2)O[C@H]1C. The summed E-state index contributed by atoms with van der Waals surface area (Å²) >= 11 is 0. The van der Waals surface area contributed by atoms with Gasteiger partial charge in [0.15, 0.2) is 5.60 Å². The number of benzene rings is 1. The highest BCUT2D eigenvalue weighted by Crippen LogP contribution is 2.31. The molecule has 220 valence electrons. The van der Waals surface area contributed by atoms with Gasteiger partial charge >= 0.3 is 5.97 Å². The van der Waals surface area contributed by atoms with Crippen LogP contribution in [-0.2, 0) is 28.5 Å². The molecule has 0 saturated carbocycles. The normalized spacial score (nSPS) is 23.1. The van der Waals surface area contributed by atoms with Gasteiger partial charge in [0.1, 0.15) is 29.6 Å². The first-order chi connectivity index (χ1) is 18.7. The van der Waals surface area contributed by atoms with Crippen LogP contribution in [0.4, 0.5) is 0 Å². The van der Waals surface area contributed by atoms with Gasteiger partial charge in [-0.25, -0.2) is 9.79 Å². The molecular weight excluding hydrogens is 510 g/mol. The molecule has 1 aromatic carbocycles. The van der Waals surface area contributed by atoms with E-state index in [2.05, 4.69) is 16.3 Å². The van der Waals surface area contributed by atoms with Gasteiger partial charge < -0.3 is 24.3 Å². The van der Waals surface area contributed by atoms with Crippen LogP contribution in [0, 0.1) is 5.92 Å². The Labute approximate surface area is 238 Å². The lowest BCUT2D eigenvalue weighted by molar-refractivity contribution is -0.187. The Kier molecular flexibility index (Phi) is 10.2. The summed E-state index contributed by atoms with van der Waals surface area (Å²) in [6, 6.07) is 9.70. The molecule has 0 aromatic heterocycles. The lowest BCUT2D eigenvalue weighted by atomic mass is 9.92. The molecule has 1 amide bonds. The molecule has 3 unspecified atom stereocenters. The summed E-state index contributed by atoms with van der Waals surface area (Å²) in [6.07, 6.45) is 3.44. The zero-order valence-corrected chi connectivity index (χ0v) is 25.3. The highest BCUT2D eigenvalue weighted by atomic mass is 16.6. The summed E-state index contributed by atoms with van der Waals surface area (Å²) in [5, 5.41) is 2.72. The fraction of sp³-hybridized carbons (Fsp3) is 0.581. The molecule has 9 nitrogen and oxygen atoms in total. The number of nitrogens with one attached hydrogen (secondary N) is 1.